The first-order chi connectivity index (χ1) is 6.57. The number of likely N-dealkylation sites (N-methyl/N-ethyl adjacent to an activating group) is 1. The zero-order valence-corrected chi connectivity index (χ0v) is 8.77. The van der Waals surface area contributed by atoms with Crippen LogP contribution >= 0.6 is 11.6 Å². The molecule has 1 amide bonds. The smallest absolute Gasteiger partial charge is 0.274 e. The molecule has 0 fully saturated rings. The van der Waals surface area contributed by atoms with Crippen molar-refractivity contribution in [2.24, 2.45) is 0 Å². The summed E-state index contributed by atoms with van der Waals surface area (Å²) in [7, 11) is 2.80. The molecular formula is C9H11ClFNO2. The van der Waals surface area contributed by atoms with Crippen LogP contribution in [0.4, 0.5) is 4.39 Å². The van der Waals surface area contributed by atoms with E-state index in [0.29, 0.717) is 6.42 Å². The number of carbonyl (C=O) groups is 1. The van der Waals surface area contributed by atoms with Gasteiger partial charge in [0.05, 0.1) is 17.7 Å². The largest absolute Gasteiger partial charge is 0.278 e. The van der Waals surface area contributed by atoms with E-state index >= 15 is 0 Å². The van der Waals surface area contributed by atoms with Crippen LogP contribution in [0.5, 0.6) is 0 Å². The lowest BCUT2D eigenvalue weighted by atomic mass is 10.1. The van der Waals surface area contributed by atoms with Crippen LogP contribution in [0.15, 0.2) is 22.5 Å². The first-order valence-corrected chi connectivity index (χ1v) is 4.52. The van der Waals surface area contributed by atoms with Gasteiger partial charge in [0.15, 0.2) is 0 Å². The molecule has 1 aliphatic rings. The van der Waals surface area contributed by atoms with E-state index in [0.717, 1.165) is 5.06 Å². The summed E-state index contributed by atoms with van der Waals surface area (Å²) in [6.45, 7) is 0. The topological polar surface area (TPSA) is 29.5 Å². The van der Waals surface area contributed by atoms with Gasteiger partial charge in [0.1, 0.15) is 5.83 Å². The number of halogens is 2. The number of hydroxylamine groups is 2. The van der Waals surface area contributed by atoms with E-state index in [2.05, 4.69) is 4.84 Å². The lowest BCUT2D eigenvalue weighted by Gasteiger charge is -2.18. The average molecular weight is 220 g/mol. The molecule has 14 heavy (non-hydrogen) atoms. The van der Waals surface area contributed by atoms with Crippen molar-refractivity contribution in [1.82, 2.24) is 5.06 Å². The van der Waals surface area contributed by atoms with Crippen molar-refractivity contribution in [3.05, 3.63) is 22.5 Å². The van der Waals surface area contributed by atoms with E-state index in [4.69, 9.17) is 11.6 Å². The Kier molecular flexibility index (Phi) is 3.66. The van der Waals surface area contributed by atoms with Crippen LogP contribution in [0.1, 0.15) is 12.8 Å². The van der Waals surface area contributed by atoms with Crippen LogP contribution in [0.2, 0.25) is 0 Å². The molecule has 0 saturated heterocycles. The second-order valence-electron chi connectivity index (χ2n) is 2.86. The number of rotatable bonds is 2. The Morgan fingerprint density at radius 2 is 2.36 bits per heavy atom. The zero-order valence-electron chi connectivity index (χ0n) is 8.01. The Morgan fingerprint density at radius 3 is 2.93 bits per heavy atom. The molecule has 0 heterocycles. The summed E-state index contributed by atoms with van der Waals surface area (Å²) in [4.78, 5) is 16.2. The summed E-state index contributed by atoms with van der Waals surface area (Å²) < 4.78 is 13.1. The predicted molar refractivity (Wildman–Crippen MR) is 51.1 cm³/mol. The van der Waals surface area contributed by atoms with Crippen molar-refractivity contribution in [3.8, 4) is 0 Å². The highest BCUT2D eigenvalue weighted by atomic mass is 35.5. The van der Waals surface area contributed by atoms with Gasteiger partial charge in [0.25, 0.3) is 5.91 Å². The number of nitrogens with zero attached hydrogens (tertiary/aromatic N) is 1. The first-order valence-electron chi connectivity index (χ1n) is 4.14. The van der Waals surface area contributed by atoms with Crippen LogP contribution in [0, 0.1) is 0 Å². The number of hydrogen-bond donors (Lipinski definition) is 0. The van der Waals surface area contributed by atoms with Crippen LogP contribution in [-0.4, -0.2) is 25.1 Å². The van der Waals surface area contributed by atoms with Gasteiger partial charge in [-0.3, -0.25) is 9.63 Å². The summed E-state index contributed by atoms with van der Waals surface area (Å²) in [5, 5.41) is 0.900. The van der Waals surface area contributed by atoms with Crippen molar-refractivity contribution in [1.29, 1.82) is 0 Å². The van der Waals surface area contributed by atoms with Crippen molar-refractivity contribution < 1.29 is 14.0 Å². The summed E-state index contributed by atoms with van der Waals surface area (Å²) in [6.07, 6.45) is 2.36. The Bertz CT molecular complexity index is 312. The fourth-order valence-electron chi connectivity index (χ4n) is 1.12. The number of amides is 1. The van der Waals surface area contributed by atoms with Crippen molar-refractivity contribution in [3.63, 3.8) is 0 Å². The van der Waals surface area contributed by atoms with Gasteiger partial charge in [0, 0.05) is 13.5 Å². The lowest BCUT2D eigenvalue weighted by molar-refractivity contribution is -0.163. The average Bonchev–Trinajstić information content (AvgIpc) is 2.20. The standard InChI is InChI=1S/C9H11ClFNO2/c1-12(14-2)9(13)6-4-3-5-7(11)8(6)10/h4H,3,5H2,1-2H3. The van der Waals surface area contributed by atoms with Crippen LogP contribution in [0.25, 0.3) is 0 Å². The summed E-state index contributed by atoms with van der Waals surface area (Å²) in [5.74, 6) is -0.880. The van der Waals surface area contributed by atoms with E-state index in [-0.39, 0.29) is 17.0 Å². The van der Waals surface area contributed by atoms with Crippen molar-refractivity contribution >= 4 is 17.5 Å². The lowest BCUT2D eigenvalue weighted by Crippen LogP contribution is -2.27. The third-order valence-electron chi connectivity index (χ3n) is 1.98. The molecule has 0 bridgehead atoms. The maximum Gasteiger partial charge on any atom is 0.278 e. The minimum absolute atomic E-state index is 0.106. The summed E-state index contributed by atoms with van der Waals surface area (Å²) in [6, 6.07) is 0. The fourth-order valence-corrected chi connectivity index (χ4v) is 1.37. The molecule has 0 aromatic rings. The molecule has 5 heteroatoms. The molecule has 0 N–H and O–H groups in total. The molecule has 0 saturated carbocycles. The molecule has 1 aliphatic carbocycles. The quantitative estimate of drug-likeness (QED) is 0.666. The van der Waals surface area contributed by atoms with E-state index < -0.39 is 11.7 Å². The van der Waals surface area contributed by atoms with Gasteiger partial charge in [0.2, 0.25) is 0 Å². The van der Waals surface area contributed by atoms with E-state index in [1.807, 2.05) is 0 Å². The highest BCUT2D eigenvalue weighted by molar-refractivity contribution is 6.35. The van der Waals surface area contributed by atoms with Gasteiger partial charge >= 0.3 is 0 Å². The third kappa shape index (κ3) is 2.13. The van der Waals surface area contributed by atoms with E-state index in [9.17, 15) is 9.18 Å². The number of allylic oxidation sites excluding steroid dienone is 2. The van der Waals surface area contributed by atoms with Crippen LogP contribution in [0.3, 0.4) is 0 Å². The second-order valence-corrected chi connectivity index (χ2v) is 3.24. The second kappa shape index (κ2) is 4.57. The van der Waals surface area contributed by atoms with Crippen molar-refractivity contribution in [2.75, 3.05) is 14.2 Å². The van der Waals surface area contributed by atoms with E-state index in [1.54, 1.807) is 6.08 Å². The molecule has 0 atom stereocenters. The maximum absolute atomic E-state index is 13.1. The molecule has 0 aliphatic heterocycles. The number of carbonyl (C=O) groups excluding carboxylic acids is 1. The van der Waals surface area contributed by atoms with Gasteiger partial charge < -0.3 is 0 Å². The summed E-state index contributed by atoms with van der Waals surface area (Å²) >= 11 is 5.66. The summed E-state index contributed by atoms with van der Waals surface area (Å²) in [5.41, 5.74) is 0.166. The monoisotopic (exact) mass is 219 g/mol. The Labute approximate surface area is 86.7 Å². The Balaban J connectivity index is 2.89. The molecule has 0 spiro atoms. The SMILES string of the molecule is CON(C)C(=O)C1=CCCC(F)=C1Cl. The molecule has 0 aromatic heterocycles. The van der Waals surface area contributed by atoms with Gasteiger partial charge in [-0.1, -0.05) is 17.7 Å². The van der Waals surface area contributed by atoms with Crippen LogP contribution in [-0.2, 0) is 9.63 Å². The number of hydrogen-bond acceptors (Lipinski definition) is 2. The van der Waals surface area contributed by atoms with Gasteiger partial charge in [-0.25, -0.2) is 9.45 Å². The maximum atomic E-state index is 13.1. The highest BCUT2D eigenvalue weighted by Crippen LogP contribution is 2.29. The van der Waals surface area contributed by atoms with Crippen LogP contribution < -0.4 is 0 Å². The normalized spacial score (nSPS) is 16.7. The van der Waals surface area contributed by atoms with E-state index in [1.165, 1.54) is 14.2 Å². The predicted octanol–water partition coefficient (Wildman–Crippen LogP) is 2.15. The van der Waals surface area contributed by atoms with Gasteiger partial charge in [-0.2, -0.15) is 0 Å². The molecule has 3 nitrogen and oxygen atoms in total. The molecule has 0 unspecified atom stereocenters. The Morgan fingerprint density at radius 1 is 1.71 bits per heavy atom. The zero-order chi connectivity index (χ0) is 10.7. The van der Waals surface area contributed by atoms with Gasteiger partial charge in [-0.05, 0) is 6.42 Å². The first kappa shape index (κ1) is 11.2. The molecule has 78 valence electrons. The van der Waals surface area contributed by atoms with Crippen molar-refractivity contribution in [2.45, 2.75) is 12.8 Å². The van der Waals surface area contributed by atoms with Gasteiger partial charge in [-0.15, -0.1) is 0 Å². The Hall–Kier alpha value is -0.870. The minimum Gasteiger partial charge on any atom is -0.274 e. The molecular weight excluding hydrogens is 209 g/mol. The fraction of sp³-hybridized carbons (Fsp3) is 0.444. The highest BCUT2D eigenvalue weighted by Gasteiger charge is 2.23. The minimum atomic E-state index is -0.443. The molecule has 0 aromatic carbocycles. The molecule has 1 rings (SSSR count). The third-order valence-corrected chi connectivity index (χ3v) is 2.39. The molecule has 0 radical (unpaired) electrons.